The third-order valence-electron chi connectivity index (χ3n) is 8.36. The van der Waals surface area contributed by atoms with Gasteiger partial charge in [0, 0.05) is 11.9 Å². The van der Waals surface area contributed by atoms with E-state index in [1.165, 1.54) is 19.2 Å². The number of hydrazine groups is 1. The number of aromatic hydroxyl groups is 2. The fourth-order valence-electron chi connectivity index (χ4n) is 5.27. The van der Waals surface area contributed by atoms with Gasteiger partial charge in [-0.15, -0.1) is 11.3 Å². The lowest BCUT2D eigenvalue weighted by atomic mass is 10.1. The molecule has 0 radical (unpaired) electrons. The number of nitrogens with two attached hydrogens (primary N) is 1. The van der Waals surface area contributed by atoms with Crippen molar-refractivity contribution in [2.75, 3.05) is 32.0 Å². The average Bonchev–Trinajstić information content (AvgIpc) is 3.83. The Balaban J connectivity index is 1.26. The number of benzene rings is 1. The molecular weight excluding hydrogens is 798 g/mol. The Bertz CT molecular complexity index is 2050. The highest BCUT2D eigenvalue weighted by Crippen LogP contribution is 2.49. The second-order valence-electron chi connectivity index (χ2n) is 12.3. The number of Topliss-reactive ketones (excluding diaryl/α,β-unsaturated/α-hetero) is 1. The van der Waals surface area contributed by atoms with Gasteiger partial charge in [0.2, 0.25) is 16.4 Å². The van der Waals surface area contributed by atoms with E-state index in [1.54, 1.807) is 0 Å². The van der Waals surface area contributed by atoms with E-state index in [0.29, 0.717) is 16.8 Å². The van der Waals surface area contributed by atoms with Crippen molar-refractivity contribution in [1.82, 2.24) is 35.9 Å². The zero-order chi connectivity index (χ0) is 40.7. The van der Waals surface area contributed by atoms with Crippen LogP contribution in [0.1, 0.15) is 29.9 Å². The molecule has 0 aliphatic carbocycles. The summed E-state index contributed by atoms with van der Waals surface area (Å²) < 4.78 is 0. The summed E-state index contributed by atoms with van der Waals surface area (Å²) in [5, 5.41) is 57.2. The van der Waals surface area contributed by atoms with E-state index in [0.717, 1.165) is 33.3 Å². The number of oxime groups is 1. The summed E-state index contributed by atoms with van der Waals surface area (Å²) in [6.45, 7) is 0.109. The quantitative estimate of drug-likeness (QED) is 0.0241. The van der Waals surface area contributed by atoms with Crippen LogP contribution in [0.25, 0.3) is 0 Å². The molecule has 26 heteroatoms. The van der Waals surface area contributed by atoms with E-state index >= 15 is 0 Å². The summed E-state index contributed by atoms with van der Waals surface area (Å²) in [7, 11) is 0. The first-order valence-corrected chi connectivity index (χ1v) is 17.7. The standard InChI is InChI=1S/C29H30ClN9O14S2/c1-28(2,24(48)49)53-36-15(12-8-54-26(31)33-12)20(45)34-16-22(47)37-9-29(25(50)51,55-23(16)37)38-5-6-39(27(38)52)35-19(44)11(7-40)32-21(46)17(42)10-3-4-13(41)18(43)14(10)30/h3-4,8,11,16,23,40-41,43H,5-7,9H2,1-2H3,(H2,31,33)(H,32,46)(H,34,45)(H,35,44)(H,48,49)(H,50,51)/b36-15-/t11-,16-,23-,29-/m1/s1. The van der Waals surface area contributed by atoms with Crippen molar-refractivity contribution in [2.45, 2.75) is 41.8 Å². The topological polar surface area (TPSA) is 344 Å². The molecule has 55 heavy (non-hydrogen) atoms. The number of thiazole rings is 1. The molecule has 0 saturated carbocycles. The SMILES string of the molecule is CC(C)(O/N=C(\C(=O)N[C@@H]1C(=O)N2C[C@@](C(=O)O)(N3CCN(NC(=O)[C@@H](CO)NC(=O)C(=O)c4ccc(O)c(O)c4Cl)C3=O)S[C@H]12)c1csc(N)n1)C(=O)O. The lowest BCUT2D eigenvalue weighted by Gasteiger charge is -2.41. The number of carboxylic acid groups (broad SMARTS) is 2. The second kappa shape index (κ2) is 15.1. The highest BCUT2D eigenvalue weighted by atomic mass is 35.5. The molecule has 0 unspecified atom stereocenters. The maximum Gasteiger partial charge on any atom is 0.350 e. The van der Waals surface area contributed by atoms with Gasteiger partial charge < -0.3 is 51.6 Å². The molecule has 3 aliphatic heterocycles. The van der Waals surface area contributed by atoms with E-state index in [4.69, 9.17) is 22.2 Å². The number of phenols is 2. The van der Waals surface area contributed by atoms with Crippen molar-refractivity contribution in [2.24, 2.45) is 5.16 Å². The van der Waals surface area contributed by atoms with Gasteiger partial charge in [0.25, 0.3) is 23.5 Å². The number of halogens is 1. The van der Waals surface area contributed by atoms with Gasteiger partial charge in [-0.3, -0.25) is 34.3 Å². The summed E-state index contributed by atoms with van der Waals surface area (Å²) in [5.41, 5.74) is 4.76. The number of rotatable bonds is 14. The molecule has 3 saturated heterocycles. The number of amides is 6. The molecule has 6 amide bonds. The Hall–Kier alpha value is -5.92. The molecule has 1 aromatic carbocycles. The molecule has 1 aromatic heterocycles. The van der Waals surface area contributed by atoms with Gasteiger partial charge in [-0.05, 0) is 26.0 Å². The van der Waals surface area contributed by atoms with E-state index in [-0.39, 0.29) is 23.9 Å². The monoisotopic (exact) mass is 827 g/mol. The molecule has 3 aliphatic rings. The number of fused-ring (bicyclic) bond motifs is 1. The fourth-order valence-corrected chi connectivity index (χ4v) is 7.70. The van der Waals surface area contributed by atoms with Crippen molar-refractivity contribution in [3.05, 3.63) is 33.8 Å². The number of aromatic nitrogens is 1. The Labute approximate surface area is 321 Å². The first kappa shape index (κ1) is 40.3. The molecule has 4 atom stereocenters. The number of carbonyl (C=O) groups is 8. The van der Waals surface area contributed by atoms with Crippen molar-refractivity contribution in [3.63, 3.8) is 0 Å². The Morgan fingerprint density at radius 1 is 1.15 bits per heavy atom. The van der Waals surface area contributed by atoms with Crippen LogP contribution in [0.4, 0.5) is 9.93 Å². The van der Waals surface area contributed by atoms with Crippen LogP contribution in [-0.4, -0.2) is 153 Å². The predicted octanol–water partition coefficient (Wildman–Crippen LogP) is -2.32. The fraction of sp³-hybridized carbons (Fsp3) is 0.379. The predicted molar refractivity (Wildman–Crippen MR) is 186 cm³/mol. The van der Waals surface area contributed by atoms with E-state index in [9.17, 15) is 63.9 Å². The number of urea groups is 1. The first-order valence-electron chi connectivity index (χ1n) is 15.5. The zero-order valence-corrected chi connectivity index (χ0v) is 30.6. The summed E-state index contributed by atoms with van der Waals surface area (Å²) in [5.74, 6) is -10.3. The Morgan fingerprint density at radius 2 is 1.84 bits per heavy atom. The average molecular weight is 828 g/mol. The molecular formula is C29H30ClN9O14S2. The summed E-state index contributed by atoms with van der Waals surface area (Å²) in [4.78, 5) is 111. The van der Waals surface area contributed by atoms with Gasteiger partial charge >= 0.3 is 18.0 Å². The first-order chi connectivity index (χ1) is 25.7. The third kappa shape index (κ3) is 7.45. The number of nitrogens with zero attached hydrogens (tertiary/aromatic N) is 5. The highest BCUT2D eigenvalue weighted by molar-refractivity contribution is 8.02. The third-order valence-corrected chi connectivity index (χ3v) is 11.1. The Morgan fingerprint density at radius 3 is 2.44 bits per heavy atom. The smallest absolute Gasteiger partial charge is 0.350 e. The number of ketones is 1. The lowest BCUT2D eigenvalue weighted by Crippen LogP contribution is -2.68. The minimum absolute atomic E-state index is 0.0293. The zero-order valence-electron chi connectivity index (χ0n) is 28.2. The van der Waals surface area contributed by atoms with Crippen LogP contribution in [0.15, 0.2) is 22.7 Å². The number of aliphatic carboxylic acids is 2. The van der Waals surface area contributed by atoms with Crippen LogP contribution in [-0.2, 0) is 33.6 Å². The summed E-state index contributed by atoms with van der Waals surface area (Å²) in [6.07, 6.45) is 0. The largest absolute Gasteiger partial charge is 0.504 e. The number of carboxylic acids is 2. The molecule has 4 heterocycles. The maximum absolute atomic E-state index is 13.5. The van der Waals surface area contributed by atoms with E-state index < -0.39 is 116 Å². The van der Waals surface area contributed by atoms with Gasteiger partial charge in [0.05, 0.1) is 30.3 Å². The van der Waals surface area contributed by atoms with Crippen LogP contribution < -0.4 is 21.8 Å². The normalized spacial score (nSPS) is 21.4. The van der Waals surface area contributed by atoms with Crippen molar-refractivity contribution in [1.29, 1.82) is 0 Å². The number of hydrogen-bond acceptors (Lipinski definition) is 17. The van der Waals surface area contributed by atoms with Crippen LogP contribution in [0, 0.1) is 0 Å². The number of carbonyl (C=O) groups excluding carboxylic acids is 6. The molecule has 294 valence electrons. The van der Waals surface area contributed by atoms with E-state index in [1.807, 2.05) is 5.32 Å². The minimum atomic E-state index is -2.13. The van der Waals surface area contributed by atoms with Crippen LogP contribution in [0.5, 0.6) is 11.5 Å². The molecule has 3 fully saturated rings. The summed E-state index contributed by atoms with van der Waals surface area (Å²) in [6, 6.07) is -2.41. The molecule has 0 bridgehead atoms. The summed E-state index contributed by atoms with van der Waals surface area (Å²) >= 11 is 7.40. The van der Waals surface area contributed by atoms with Crippen LogP contribution in [0.2, 0.25) is 5.02 Å². The van der Waals surface area contributed by atoms with Gasteiger partial charge in [-0.25, -0.2) is 24.4 Å². The van der Waals surface area contributed by atoms with Crippen molar-refractivity contribution < 1.29 is 68.7 Å². The second-order valence-corrected chi connectivity index (χ2v) is 15.0. The molecule has 2 aromatic rings. The van der Waals surface area contributed by atoms with Crippen molar-refractivity contribution >= 4 is 92.9 Å². The lowest BCUT2D eigenvalue weighted by molar-refractivity contribution is -0.161. The van der Waals surface area contributed by atoms with Crippen LogP contribution in [0.3, 0.4) is 0 Å². The number of thioether (sulfide) groups is 1. The number of hydrogen-bond donors (Lipinski definition) is 9. The highest BCUT2D eigenvalue weighted by Gasteiger charge is 2.66. The number of nitrogens with one attached hydrogen (secondary N) is 3. The molecule has 23 nitrogen and oxygen atoms in total. The van der Waals surface area contributed by atoms with Gasteiger partial charge in [0.1, 0.15) is 23.2 Å². The number of β-lactam (4-membered cyclic amide) rings is 1. The molecule has 0 spiro atoms. The van der Waals surface area contributed by atoms with Crippen LogP contribution >= 0.6 is 34.7 Å². The van der Waals surface area contributed by atoms with Crippen molar-refractivity contribution in [3.8, 4) is 11.5 Å². The Kier molecular flexibility index (Phi) is 11.0. The molecule has 10 N–H and O–H groups in total. The van der Waals surface area contributed by atoms with Gasteiger partial charge in [-0.2, -0.15) is 0 Å². The molecule has 5 rings (SSSR count). The van der Waals surface area contributed by atoms with E-state index in [2.05, 4.69) is 20.9 Å². The van der Waals surface area contributed by atoms with Gasteiger partial charge in [0.15, 0.2) is 22.3 Å². The number of aliphatic hydroxyl groups is 1. The minimum Gasteiger partial charge on any atom is -0.504 e. The number of phenolic OH excluding ortho intramolecular Hbond substituents is 2. The maximum atomic E-state index is 13.5. The number of aliphatic hydroxyl groups excluding tert-OH is 1. The van der Waals surface area contributed by atoms with Gasteiger partial charge in [-0.1, -0.05) is 28.5 Å². The number of nitrogen functional groups attached to an aromatic ring is 1. The number of anilines is 1.